The minimum Gasteiger partial charge on any atom is -0.504 e. The molecule has 0 saturated heterocycles. The van der Waals surface area contributed by atoms with Crippen molar-refractivity contribution in [3.63, 3.8) is 0 Å². The van der Waals surface area contributed by atoms with Gasteiger partial charge >= 0.3 is 0 Å². The molecular weight excluding hydrogens is 356 g/mol. The highest BCUT2D eigenvalue weighted by atomic mass is 16.6. The van der Waals surface area contributed by atoms with Gasteiger partial charge in [-0.1, -0.05) is 60.7 Å². The second-order valence-electron chi connectivity index (χ2n) is 6.25. The van der Waals surface area contributed by atoms with E-state index in [1.807, 2.05) is 60.7 Å². The topological polar surface area (TPSA) is 57.2 Å². The highest BCUT2D eigenvalue weighted by Gasteiger charge is 2.26. The van der Waals surface area contributed by atoms with E-state index in [2.05, 4.69) is 0 Å². The lowest BCUT2D eigenvalue weighted by Crippen LogP contribution is -2.05. The third kappa shape index (κ3) is 4.14. The molecule has 0 radical (unpaired) electrons. The molecule has 1 N–H and O–H groups in total. The maximum Gasteiger partial charge on any atom is 0.211 e. The Balaban J connectivity index is 1.92. The van der Waals surface area contributed by atoms with E-state index in [1.54, 1.807) is 6.92 Å². The first-order valence-corrected chi connectivity index (χ1v) is 8.96. The van der Waals surface area contributed by atoms with Gasteiger partial charge in [0.15, 0.2) is 11.5 Å². The van der Waals surface area contributed by atoms with E-state index in [0.717, 1.165) is 11.1 Å². The van der Waals surface area contributed by atoms with Crippen molar-refractivity contribution >= 4 is 0 Å². The standard InChI is InChI=1S/C23H24O5/c1-16-19(24)21(28-15-18-12-8-5-9-13-18)23(26-3)22(25-2)20(16)27-14-17-10-6-4-7-11-17/h4-13,24H,14-15H2,1-3H3. The molecule has 0 aliphatic heterocycles. The first kappa shape index (κ1) is 19.4. The SMILES string of the molecule is COc1c(OCc2ccccc2)c(C)c(O)c(OCc2ccccc2)c1OC. The Labute approximate surface area is 165 Å². The van der Waals surface area contributed by atoms with Gasteiger partial charge in [0.25, 0.3) is 0 Å². The number of ether oxygens (including phenoxy) is 4. The van der Waals surface area contributed by atoms with Gasteiger partial charge in [-0.15, -0.1) is 0 Å². The van der Waals surface area contributed by atoms with Gasteiger partial charge in [0.2, 0.25) is 17.2 Å². The largest absolute Gasteiger partial charge is 0.504 e. The Kier molecular flexibility index (Phi) is 6.27. The van der Waals surface area contributed by atoms with Crippen molar-refractivity contribution in [2.24, 2.45) is 0 Å². The van der Waals surface area contributed by atoms with Crippen LogP contribution in [-0.4, -0.2) is 19.3 Å². The van der Waals surface area contributed by atoms with Crippen LogP contribution in [0.2, 0.25) is 0 Å². The summed E-state index contributed by atoms with van der Waals surface area (Å²) in [5.41, 5.74) is 2.51. The second-order valence-corrected chi connectivity index (χ2v) is 6.25. The van der Waals surface area contributed by atoms with Gasteiger partial charge in [-0.05, 0) is 18.1 Å². The van der Waals surface area contributed by atoms with Crippen LogP contribution in [0.25, 0.3) is 0 Å². The number of aromatic hydroxyl groups is 1. The summed E-state index contributed by atoms with van der Waals surface area (Å²) in [6.45, 7) is 2.38. The van der Waals surface area contributed by atoms with E-state index >= 15 is 0 Å². The van der Waals surface area contributed by atoms with Crippen LogP contribution in [0.3, 0.4) is 0 Å². The fourth-order valence-electron chi connectivity index (χ4n) is 2.90. The summed E-state index contributed by atoms with van der Waals surface area (Å²) in [6.07, 6.45) is 0. The second kappa shape index (κ2) is 9.04. The smallest absolute Gasteiger partial charge is 0.211 e. The lowest BCUT2D eigenvalue weighted by Gasteiger charge is -2.21. The van der Waals surface area contributed by atoms with Crippen LogP contribution in [0, 0.1) is 6.92 Å². The number of methoxy groups -OCH3 is 2. The minimum atomic E-state index is -0.0309. The van der Waals surface area contributed by atoms with Gasteiger partial charge < -0.3 is 24.1 Å². The van der Waals surface area contributed by atoms with Crippen molar-refractivity contribution in [1.82, 2.24) is 0 Å². The molecule has 5 nitrogen and oxygen atoms in total. The van der Waals surface area contributed by atoms with Crippen molar-refractivity contribution in [3.8, 4) is 28.7 Å². The van der Waals surface area contributed by atoms with Crippen LogP contribution in [0.4, 0.5) is 0 Å². The molecule has 0 aliphatic rings. The Hall–Kier alpha value is -3.34. The summed E-state index contributed by atoms with van der Waals surface area (Å²) in [4.78, 5) is 0. The van der Waals surface area contributed by atoms with E-state index in [9.17, 15) is 5.11 Å². The molecular formula is C23H24O5. The zero-order valence-corrected chi connectivity index (χ0v) is 16.3. The van der Waals surface area contributed by atoms with Crippen LogP contribution < -0.4 is 18.9 Å². The minimum absolute atomic E-state index is 0.0309. The number of phenols is 1. The Morgan fingerprint density at radius 1 is 0.643 bits per heavy atom. The van der Waals surface area contributed by atoms with Crippen molar-refractivity contribution in [2.75, 3.05) is 14.2 Å². The molecule has 0 saturated carbocycles. The van der Waals surface area contributed by atoms with Gasteiger partial charge in [-0.2, -0.15) is 0 Å². The molecule has 0 atom stereocenters. The Bertz CT molecular complexity index is 831. The van der Waals surface area contributed by atoms with Crippen molar-refractivity contribution in [2.45, 2.75) is 20.1 Å². The molecule has 0 bridgehead atoms. The van der Waals surface area contributed by atoms with Crippen LogP contribution in [-0.2, 0) is 13.2 Å². The van der Waals surface area contributed by atoms with E-state index in [1.165, 1.54) is 14.2 Å². The summed E-state index contributed by atoms with van der Waals surface area (Å²) >= 11 is 0. The molecule has 0 unspecified atom stereocenters. The molecule has 0 aliphatic carbocycles. The third-order valence-electron chi connectivity index (χ3n) is 4.39. The summed E-state index contributed by atoms with van der Waals surface area (Å²) in [6, 6.07) is 19.5. The van der Waals surface area contributed by atoms with E-state index in [0.29, 0.717) is 29.4 Å². The van der Waals surface area contributed by atoms with Crippen molar-refractivity contribution in [1.29, 1.82) is 0 Å². The highest BCUT2D eigenvalue weighted by Crippen LogP contribution is 2.53. The van der Waals surface area contributed by atoms with Crippen molar-refractivity contribution in [3.05, 3.63) is 77.4 Å². The maximum atomic E-state index is 10.7. The number of hydrogen-bond donors (Lipinski definition) is 1. The summed E-state index contributed by atoms with van der Waals surface area (Å²) in [5, 5.41) is 10.7. The van der Waals surface area contributed by atoms with Crippen LogP contribution >= 0.6 is 0 Å². The predicted octanol–water partition coefficient (Wildman–Crippen LogP) is 4.88. The number of hydrogen-bond acceptors (Lipinski definition) is 5. The molecule has 0 amide bonds. The zero-order chi connectivity index (χ0) is 19.9. The van der Waals surface area contributed by atoms with E-state index < -0.39 is 0 Å². The molecule has 3 rings (SSSR count). The molecule has 0 fully saturated rings. The Morgan fingerprint density at radius 3 is 1.54 bits per heavy atom. The van der Waals surface area contributed by atoms with Gasteiger partial charge in [0, 0.05) is 5.56 Å². The summed E-state index contributed by atoms with van der Waals surface area (Å²) < 4.78 is 22.9. The van der Waals surface area contributed by atoms with Gasteiger partial charge in [0.05, 0.1) is 14.2 Å². The third-order valence-corrected chi connectivity index (χ3v) is 4.39. The summed E-state index contributed by atoms with van der Waals surface area (Å²) in [5.74, 6) is 1.30. The lowest BCUT2D eigenvalue weighted by atomic mass is 10.1. The number of phenolic OH excluding ortho intramolecular Hbond substituents is 1. The van der Waals surface area contributed by atoms with Crippen molar-refractivity contribution < 1.29 is 24.1 Å². The highest BCUT2D eigenvalue weighted by molar-refractivity contribution is 5.69. The normalized spacial score (nSPS) is 10.4. The monoisotopic (exact) mass is 380 g/mol. The molecule has 0 heterocycles. The first-order chi connectivity index (χ1) is 13.7. The molecule has 3 aromatic rings. The predicted molar refractivity (Wildman–Crippen MR) is 107 cm³/mol. The maximum absolute atomic E-state index is 10.7. The van der Waals surface area contributed by atoms with E-state index in [4.69, 9.17) is 18.9 Å². The molecule has 0 spiro atoms. The molecule has 146 valence electrons. The number of rotatable bonds is 8. The quantitative estimate of drug-likeness (QED) is 0.604. The Morgan fingerprint density at radius 2 is 1.07 bits per heavy atom. The van der Waals surface area contributed by atoms with Gasteiger partial charge in [0.1, 0.15) is 13.2 Å². The fraction of sp³-hybridized carbons (Fsp3) is 0.217. The van der Waals surface area contributed by atoms with Gasteiger partial charge in [-0.25, -0.2) is 0 Å². The first-order valence-electron chi connectivity index (χ1n) is 8.96. The average Bonchev–Trinajstić information content (AvgIpc) is 2.75. The molecule has 0 aromatic heterocycles. The van der Waals surface area contributed by atoms with Crippen LogP contribution in [0.15, 0.2) is 60.7 Å². The van der Waals surface area contributed by atoms with Crippen LogP contribution in [0.1, 0.15) is 16.7 Å². The fourth-order valence-corrected chi connectivity index (χ4v) is 2.90. The molecule has 5 heteroatoms. The number of benzene rings is 3. The average molecular weight is 380 g/mol. The van der Waals surface area contributed by atoms with Crippen LogP contribution in [0.5, 0.6) is 28.7 Å². The molecule has 28 heavy (non-hydrogen) atoms. The summed E-state index contributed by atoms with van der Waals surface area (Å²) in [7, 11) is 3.04. The lowest BCUT2D eigenvalue weighted by molar-refractivity contribution is 0.244. The molecule has 3 aromatic carbocycles. The van der Waals surface area contributed by atoms with Gasteiger partial charge in [-0.3, -0.25) is 0 Å². The zero-order valence-electron chi connectivity index (χ0n) is 16.3. The van der Waals surface area contributed by atoms with E-state index in [-0.39, 0.29) is 18.1 Å².